The van der Waals surface area contributed by atoms with Gasteiger partial charge in [-0.25, -0.2) is 0 Å². The van der Waals surface area contributed by atoms with Gasteiger partial charge in [0.2, 0.25) is 0 Å². The molecule has 0 spiro atoms. The Morgan fingerprint density at radius 2 is 1.86 bits per heavy atom. The minimum atomic E-state index is 0.142. The Labute approximate surface area is 132 Å². The Bertz CT molecular complexity index is 684. The van der Waals surface area contributed by atoms with E-state index in [1.165, 1.54) is 12.8 Å². The summed E-state index contributed by atoms with van der Waals surface area (Å²) in [6, 6.07) is 14.8. The van der Waals surface area contributed by atoms with E-state index >= 15 is 0 Å². The fourth-order valence-electron chi connectivity index (χ4n) is 2.71. The molecule has 1 aromatic heterocycles. The average Bonchev–Trinajstić information content (AvgIpc) is 3.33. The van der Waals surface area contributed by atoms with Gasteiger partial charge in [0.25, 0.3) is 5.56 Å². The van der Waals surface area contributed by atoms with Crippen LogP contribution in [0.1, 0.15) is 32.3 Å². The molecule has 1 aliphatic carbocycles. The second kappa shape index (κ2) is 6.49. The Morgan fingerprint density at radius 1 is 1.14 bits per heavy atom. The highest BCUT2D eigenvalue weighted by atomic mass is 16.1. The van der Waals surface area contributed by atoms with Crippen molar-refractivity contribution in [2.24, 2.45) is 5.92 Å². The number of hydrogen-bond acceptors (Lipinski definition) is 2. The van der Waals surface area contributed by atoms with Gasteiger partial charge in [0.05, 0.1) is 5.69 Å². The Hall–Kier alpha value is -1.87. The van der Waals surface area contributed by atoms with Gasteiger partial charge < -0.3 is 9.88 Å². The maximum Gasteiger partial charge on any atom is 0.255 e. The zero-order valence-electron chi connectivity index (χ0n) is 13.4. The van der Waals surface area contributed by atoms with E-state index in [9.17, 15) is 4.79 Å². The smallest absolute Gasteiger partial charge is 0.255 e. The van der Waals surface area contributed by atoms with Gasteiger partial charge in [0, 0.05) is 24.7 Å². The monoisotopic (exact) mass is 296 g/mol. The van der Waals surface area contributed by atoms with Crippen molar-refractivity contribution in [1.82, 2.24) is 9.88 Å². The molecule has 2 aromatic rings. The summed E-state index contributed by atoms with van der Waals surface area (Å²) in [6.45, 7) is 5.73. The summed E-state index contributed by atoms with van der Waals surface area (Å²) in [4.78, 5) is 12.9. The van der Waals surface area contributed by atoms with Gasteiger partial charge in [-0.05, 0) is 30.4 Å². The third-order valence-electron chi connectivity index (χ3n) is 4.03. The molecule has 0 radical (unpaired) electrons. The van der Waals surface area contributed by atoms with Crippen LogP contribution in [0.5, 0.6) is 0 Å². The van der Waals surface area contributed by atoms with Crippen LogP contribution in [0.2, 0.25) is 0 Å². The van der Waals surface area contributed by atoms with Crippen molar-refractivity contribution in [2.45, 2.75) is 45.8 Å². The number of nitrogens with zero attached hydrogens (tertiary/aromatic N) is 1. The molecule has 22 heavy (non-hydrogen) atoms. The second-order valence-electron chi connectivity index (χ2n) is 6.57. The fourth-order valence-corrected chi connectivity index (χ4v) is 2.71. The van der Waals surface area contributed by atoms with Crippen LogP contribution in [0.15, 0.2) is 47.3 Å². The van der Waals surface area contributed by atoms with Crippen LogP contribution in [0.3, 0.4) is 0 Å². The lowest BCUT2D eigenvalue weighted by atomic mass is 10.1. The summed E-state index contributed by atoms with van der Waals surface area (Å²) in [6.07, 6.45) is 2.48. The molecule has 0 saturated heterocycles. The highest BCUT2D eigenvalue weighted by molar-refractivity contribution is 5.59. The summed E-state index contributed by atoms with van der Waals surface area (Å²) >= 11 is 0. The van der Waals surface area contributed by atoms with E-state index in [0.29, 0.717) is 18.5 Å². The van der Waals surface area contributed by atoms with E-state index in [1.807, 2.05) is 28.8 Å². The van der Waals surface area contributed by atoms with Gasteiger partial charge in [0.15, 0.2) is 0 Å². The lowest BCUT2D eigenvalue weighted by Crippen LogP contribution is -2.30. The standard InChI is InChI=1S/C19H24N2O/c1-14(2)13-21-18(15-6-4-3-5-7-15)11-8-16(19(21)22)12-20-17-9-10-17/h3-8,11,14,17,20H,9-10,12-13H2,1-2H3. The molecule has 116 valence electrons. The zero-order valence-corrected chi connectivity index (χ0v) is 13.4. The van der Waals surface area contributed by atoms with E-state index in [0.717, 1.165) is 23.4 Å². The van der Waals surface area contributed by atoms with Crippen LogP contribution in [0.4, 0.5) is 0 Å². The lowest BCUT2D eigenvalue weighted by molar-refractivity contribution is 0.510. The van der Waals surface area contributed by atoms with E-state index in [4.69, 9.17) is 0 Å². The first-order chi connectivity index (χ1) is 10.6. The van der Waals surface area contributed by atoms with Crippen molar-refractivity contribution >= 4 is 0 Å². The normalized spacial score (nSPS) is 14.5. The van der Waals surface area contributed by atoms with Crippen molar-refractivity contribution in [1.29, 1.82) is 0 Å². The SMILES string of the molecule is CC(C)Cn1c(-c2ccccc2)ccc(CNC2CC2)c1=O. The van der Waals surface area contributed by atoms with Crippen LogP contribution in [-0.2, 0) is 13.1 Å². The molecule has 1 fully saturated rings. The van der Waals surface area contributed by atoms with Crippen LogP contribution in [0.25, 0.3) is 11.3 Å². The van der Waals surface area contributed by atoms with Gasteiger partial charge in [0.1, 0.15) is 0 Å². The number of nitrogens with one attached hydrogen (secondary N) is 1. The Kier molecular flexibility index (Phi) is 4.44. The van der Waals surface area contributed by atoms with E-state index < -0.39 is 0 Å². The van der Waals surface area contributed by atoms with Gasteiger partial charge in [-0.15, -0.1) is 0 Å². The number of hydrogen-bond donors (Lipinski definition) is 1. The molecule has 1 N–H and O–H groups in total. The van der Waals surface area contributed by atoms with Crippen LogP contribution >= 0.6 is 0 Å². The van der Waals surface area contributed by atoms with Crippen molar-refractivity contribution in [3.05, 3.63) is 58.4 Å². The zero-order chi connectivity index (χ0) is 15.5. The maximum absolute atomic E-state index is 12.9. The topological polar surface area (TPSA) is 34.0 Å². The molecule has 1 aromatic carbocycles. The number of rotatable bonds is 6. The van der Waals surface area contributed by atoms with Gasteiger partial charge >= 0.3 is 0 Å². The minimum absolute atomic E-state index is 0.142. The molecule has 0 unspecified atom stereocenters. The summed E-state index contributed by atoms with van der Waals surface area (Å²) in [5.41, 5.74) is 3.12. The molecule has 0 bridgehead atoms. The maximum atomic E-state index is 12.9. The first-order valence-electron chi connectivity index (χ1n) is 8.16. The van der Waals surface area contributed by atoms with Crippen LogP contribution in [-0.4, -0.2) is 10.6 Å². The lowest BCUT2D eigenvalue weighted by Gasteiger charge is -2.17. The van der Waals surface area contributed by atoms with E-state index in [1.54, 1.807) is 0 Å². The summed E-state index contributed by atoms with van der Waals surface area (Å²) in [5.74, 6) is 0.437. The summed E-state index contributed by atoms with van der Waals surface area (Å²) in [7, 11) is 0. The molecule has 0 aliphatic heterocycles. The largest absolute Gasteiger partial charge is 0.310 e. The minimum Gasteiger partial charge on any atom is -0.310 e. The van der Waals surface area contributed by atoms with Crippen molar-refractivity contribution in [2.75, 3.05) is 0 Å². The van der Waals surface area contributed by atoms with Gasteiger partial charge in [-0.2, -0.15) is 0 Å². The van der Waals surface area contributed by atoms with Gasteiger partial charge in [-0.3, -0.25) is 4.79 Å². The second-order valence-corrected chi connectivity index (χ2v) is 6.57. The van der Waals surface area contributed by atoms with Crippen molar-refractivity contribution < 1.29 is 0 Å². The predicted molar refractivity (Wildman–Crippen MR) is 90.8 cm³/mol. The van der Waals surface area contributed by atoms with Crippen molar-refractivity contribution in [3.63, 3.8) is 0 Å². The molecular formula is C19H24N2O. The number of benzene rings is 1. The van der Waals surface area contributed by atoms with E-state index in [2.05, 4.69) is 37.4 Å². The molecule has 3 nitrogen and oxygen atoms in total. The van der Waals surface area contributed by atoms with Crippen LogP contribution in [0, 0.1) is 5.92 Å². The molecule has 0 amide bonds. The molecular weight excluding hydrogens is 272 g/mol. The fraction of sp³-hybridized carbons (Fsp3) is 0.421. The first kappa shape index (κ1) is 15.0. The van der Waals surface area contributed by atoms with E-state index in [-0.39, 0.29) is 5.56 Å². The average molecular weight is 296 g/mol. The first-order valence-corrected chi connectivity index (χ1v) is 8.16. The van der Waals surface area contributed by atoms with Crippen LogP contribution < -0.4 is 10.9 Å². The van der Waals surface area contributed by atoms with Gasteiger partial charge in [-0.1, -0.05) is 50.2 Å². The highest BCUT2D eigenvalue weighted by Gasteiger charge is 2.21. The summed E-state index contributed by atoms with van der Waals surface area (Å²) in [5, 5.41) is 3.44. The Balaban J connectivity index is 1.98. The highest BCUT2D eigenvalue weighted by Crippen LogP contribution is 2.21. The quantitative estimate of drug-likeness (QED) is 0.886. The number of aromatic nitrogens is 1. The molecule has 1 aliphatic rings. The summed E-state index contributed by atoms with van der Waals surface area (Å²) < 4.78 is 1.93. The molecule has 1 saturated carbocycles. The third-order valence-corrected chi connectivity index (χ3v) is 4.03. The molecule has 3 heteroatoms. The Morgan fingerprint density at radius 3 is 2.50 bits per heavy atom. The molecule has 3 rings (SSSR count). The molecule has 0 atom stereocenters. The number of pyridine rings is 1. The predicted octanol–water partition coefficient (Wildman–Crippen LogP) is 3.42. The van der Waals surface area contributed by atoms with Crippen molar-refractivity contribution in [3.8, 4) is 11.3 Å². The third kappa shape index (κ3) is 3.47. The molecule has 1 heterocycles.